The van der Waals surface area contributed by atoms with Crippen LogP contribution in [0.25, 0.3) is 33.2 Å². The van der Waals surface area contributed by atoms with Gasteiger partial charge in [-0.2, -0.15) is 0 Å². The first-order valence-corrected chi connectivity index (χ1v) is 10.3. The summed E-state index contributed by atoms with van der Waals surface area (Å²) in [5, 5.41) is 2.54. The quantitative estimate of drug-likeness (QED) is 0.373. The fraction of sp³-hybridized carbons (Fsp3) is 0.259. The van der Waals surface area contributed by atoms with Gasteiger partial charge in [0.25, 0.3) is 0 Å². The Morgan fingerprint density at radius 2 is 1.62 bits per heavy atom. The van der Waals surface area contributed by atoms with Crippen LogP contribution in [0.3, 0.4) is 0 Å². The zero-order valence-electron chi connectivity index (χ0n) is 18.2. The number of hydrogen-bond donors (Lipinski definition) is 0. The highest BCUT2D eigenvalue weighted by Gasteiger charge is 2.19. The van der Waals surface area contributed by atoms with Crippen LogP contribution in [0, 0.1) is 20.8 Å². The standard InChI is InChI=1S/C27H29N2/c1-17(2)26-16-22(9-11-28-26)21-7-8-24-23(15-21)10-12-29(6)27(24)25-14-18(3)13-19(4)20(25)5/h7-17H,1-6H3/q+1. The topological polar surface area (TPSA) is 16.8 Å². The molecule has 0 amide bonds. The Kier molecular flexibility index (Phi) is 4.96. The summed E-state index contributed by atoms with van der Waals surface area (Å²) in [6, 6.07) is 17.9. The molecule has 4 aromatic rings. The Morgan fingerprint density at radius 1 is 0.862 bits per heavy atom. The van der Waals surface area contributed by atoms with E-state index in [0.717, 1.165) is 5.69 Å². The summed E-state index contributed by atoms with van der Waals surface area (Å²) in [6.45, 7) is 11.0. The van der Waals surface area contributed by atoms with Gasteiger partial charge in [-0.3, -0.25) is 4.98 Å². The summed E-state index contributed by atoms with van der Waals surface area (Å²) in [5.74, 6) is 0.425. The normalized spacial score (nSPS) is 11.4. The Hall–Kier alpha value is -3.00. The van der Waals surface area contributed by atoms with Crippen molar-refractivity contribution in [1.29, 1.82) is 0 Å². The molecule has 0 aliphatic rings. The molecule has 0 aliphatic carbocycles. The lowest BCUT2D eigenvalue weighted by Gasteiger charge is -2.12. The van der Waals surface area contributed by atoms with Crippen molar-refractivity contribution in [3.8, 4) is 22.4 Å². The maximum atomic E-state index is 4.51. The molecule has 2 heterocycles. The molecule has 29 heavy (non-hydrogen) atoms. The van der Waals surface area contributed by atoms with Gasteiger partial charge in [0, 0.05) is 18.0 Å². The third kappa shape index (κ3) is 3.55. The SMILES string of the molecule is Cc1cc(C)c(C)c(-c2c3ccc(-c4ccnc(C(C)C)c4)cc3cc[n+]2C)c1. The lowest BCUT2D eigenvalue weighted by Crippen LogP contribution is -2.30. The van der Waals surface area contributed by atoms with E-state index in [4.69, 9.17) is 0 Å². The van der Waals surface area contributed by atoms with E-state index in [0.29, 0.717) is 5.92 Å². The van der Waals surface area contributed by atoms with Crippen LogP contribution in [-0.2, 0) is 7.05 Å². The first kappa shape index (κ1) is 19.3. The van der Waals surface area contributed by atoms with Gasteiger partial charge in [-0.25, -0.2) is 4.57 Å². The number of aromatic nitrogens is 2. The Bertz CT molecular complexity index is 1220. The summed E-state index contributed by atoms with van der Waals surface area (Å²) in [6.07, 6.45) is 4.09. The van der Waals surface area contributed by atoms with Crippen molar-refractivity contribution < 1.29 is 4.57 Å². The number of pyridine rings is 2. The van der Waals surface area contributed by atoms with E-state index < -0.39 is 0 Å². The van der Waals surface area contributed by atoms with E-state index >= 15 is 0 Å². The molecule has 2 aromatic carbocycles. The van der Waals surface area contributed by atoms with Gasteiger partial charge in [-0.05, 0) is 84.7 Å². The molecule has 0 radical (unpaired) electrons. The summed E-state index contributed by atoms with van der Waals surface area (Å²) < 4.78 is 2.24. The van der Waals surface area contributed by atoms with E-state index in [9.17, 15) is 0 Å². The number of benzene rings is 2. The highest BCUT2D eigenvalue weighted by atomic mass is 14.9. The van der Waals surface area contributed by atoms with Crippen molar-refractivity contribution in [2.75, 3.05) is 0 Å². The second kappa shape index (κ2) is 7.44. The molecule has 0 spiro atoms. The predicted molar refractivity (Wildman–Crippen MR) is 122 cm³/mol. The van der Waals surface area contributed by atoms with Crippen LogP contribution >= 0.6 is 0 Å². The minimum Gasteiger partial charge on any atom is -0.261 e. The zero-order chi connectivity index (χ0) is 20.7. The fourth-order valence-corrected chi connectivity index (χ4v) is 4.12. The monoisotopic (exact) mass is 381 g/mol. The third-order valence-electron chi connectivity index (χ3n) is 5.91. The second-order valence-electron chi connectivity index (χ2n) is 8.46. The van der Waals surface area contributed by atoms with Crippen LogP contribution in [0.15, 0.2) is 60.9 Å². The molecule has 0 aliphatic heterocycles. The molecule has 0 N–H and O–H groups in total. The van der Waals surface area contributed by atoms with Gasteiger partial charge in [0.1, 0.15) is 7.05 Å². The van der Waals surface area contributed by atoms with Crippen molar-refractivity contribution in [3.63, 3.8) is 0 Å². The van der Waals surface area contributed by atoms with E-state index in [1.807, 2.05) is 6.20 Å². The molecular formula is C27H29N2+. The van der Waals surface area contributed by atoms with Gasteiger partial charge in [0.05, 0.1) is 10.9 Å². The van der Waals surface area contributed by atoms with Gasteiger partial charge in [-0.1, -0.05) is 31.5 Å². The summed E-state index contributed by atoms with van der Waals surface area (Å²) in [4.78, 5) is 4.51. The van der Waals surface area contributed by atoms with Crippen molar-refractivity contribution in [3.05, 3.63) is 83.3 Å². The maximum Gasteiger partial charge on any atom is 0.220 e. The number of rotatable bonds is 3. The van der Waals surface area contributed by atoms with Crippen molar-refractivity contribution in [1.82, 2.24) is 4.98 Å². The molecule has 2 aromatic heterocycles. The van der Waals surface area contributed by atoms with Crippen LogP contribution < -0.4 is 4.57 Å². The number of nitrogens with zero attached hydrogens (tertiary/aromatic N) is 2. The van der Waals surface area contributed by atoms with Crippen molar-refractivity contribution in [2.24, 2.45) is 7.05 Å². The number of aryl methyl sites for hydroxylation is 3. The zero-order valence-corrected chi connectivity index (χ0v) is 18.2. The Morgan fingerprint density at radius 3 is 2.38 bits per heavy atom. The minimum atomic E-state index is 0.425. The van der Waals surface area contributed by atoms with E-state index in [-0.39, 0.29) is 0 Å². The van der Waals surface area contributed by atoms with Gasteiger partial charge < -0.3 is 0 Å². The smallest absolute Gasteiger partial charge is 0.220 e. The molecule has 0 atom stereocenters. The molecule has 0 saturated heterocycles. The van der Waals surface area contributed by atoms with Crippen molar-refractivity contribution in [2.45, 2.75) is 40.5 Å². The number of fused-ring (bicyclic) bond motifs is 1. The second-order valence-corrected chi connectivity index (χ2v) is 8.46. The Labute approximate surface area is 173 Å². The maximum absolute atomic E-state index is 4.51. The average molecular weight is 382 g/mol. The van der Waals surface area contributed by atoms with Gasteiger partial charge in [0.2, 0.25) is 5.69 Å². The summed E-state index contributed by atoms with van der Waals surface area (Å²) >= 11 is 0. The molecule has 2 nitrogen and oxygen atoms in total. The molecule has 0 saturated carbocycles. The van der Waals surface area contributed by atoms with Crippen LogP contribution in [0.1, 0.15) is 42.1 Å². The van der Waals surface area contributed by atoms with Gasteiger partial charge >= 0.3 is 0 Å². The molecule has 2 heteroatoms. The van der Waals surface area contributed by atoms with Crippen molar-refractivity contribution >= 4 is 10.8 Å². The summed E-state index contributed by atoms with van der Waals surface area (Å²) in [7, 11) is 2.14. The molecule has 146 valence electrons. The van der Waals surface area contributed by atoms with Crippen LogP contribution in [0.4, 0.5) is 0 Å². The third-order valence-corrected chi connectivity index (χ3v) is 5.91. The highest BCUT2D eigenvalue weighted by Crippen LogP contribution is 2.33. The number of hydrogen-bond acceptors (Lipinski definition) is 1. The lowest BCUT2D eigenvalue weighted by molar-refractivity contribution is -0.659. The largest absolute Gasteiger partial charge is 0.261 e. The molecule has 0 fully saturated rings. The van der Waals surface area contributed by atoms with E-state index in [1.165, 1.54) is 49.8 Å². The van der Waals surface area contributed by atoms with E-state index in [2.05, 4.69) is 106 Å². The van der Waals surface area contributed by atoms with Crippen LogP contribution in [0.5, 0.6) is 0 Å². The average Bonchev–Trinajstić information content (AvgIpc) is 2.70. The van der Waals surface area contributed by atoms with Crippen LogP contribution in [-0.4, -0.2) is 4.98 Å². The Balaban J connectivity index is 1.92. The van der Waals surface area contributed by atoms with Crippen LogP contribution in [0.2, 0.25) is 0 Å². The molecule has 0 bridgehead atoms. The first-order chi connectivity index (χ1) is 13.8. The molecule has 0 unspecified atom stereocenters. The van der Waals surface area contributed by atoms with E-state index in [1.54, 1.807) is 0 Å². The summed E-state index contributed by atoms with van der Waals surface area (Å²) in [5.41, 5.74) is 10.2. The molecule has 4 rings (SSSR count). The van der Waals surface area contributed by atoms with Gasteiger partial charge in [-0.15, -0.1) is 0 Å². The minimum absolute atomic E-state index is 0.425. The highest BCUT2D eigenvalue weighted by molar-refractivity contribution is 5.96. The fourth-order valence-electron chi connectivity index (χ4n) is 4.12. The predicted octanol–water partition coefficient (Wildman–Crippen LogP) is 6.44. The lowest BCUT2D eigenvalue weighted by atomic mass is 9.93. The first-order valence-electron chi connectivity index (χ1n) is 10.3. The molecular weight excluding hydrogens is 352 g/mol. The van der Waals surface area contributed by atoms with Gasteiger partial charge in [0.15, 0.2) is 6.20 Å².